The molecule has 4 heterocycles. The lowest BCUT2D eigenvalue weighted by atomic mass is 10.1. The number of esters is 1. The van der Waals surface area contributed by atoms with Crippen LogP contribution in [0.3, 0.4) is 0 Å². The second-order valence-electron chi connectivity index (χ2n) is 7.45. The van der Waals surface area contributed by atoms with Crippen molar-refractivity contribution < 1.29 is 19.1 Å². The molecule has 0 fully saturated rings. The summed E-state index contributed by atoms with van der Waals surface area (Å²) < 4.78 is 6.70. The van der Waals surface area contributed by atoms with E-state index in [0.29, 0.717) is 48.6 Å². The van der Waals surface area contributed by atoms with Crippen LogP contribution in [0.25, 0.3) is 11.3 Å². The van der Waals surface area contributed by atoms with Crippen molar-refractivity contribution in [2.45, 2.75) is 33.4 Å². The number of methoxy groups -OCH3 is 1. The van der Waals surface area contributed by atoms with Gasteiger partial charge in [0.1, 0.15) is 17.2 Å². The van der Waals surface area contributed by atoms with Crippen LogP contribution in [0.2, 0.25) is 0 Å². The van der Waals surface area contributed by atoms with Gasteiger partial charge in [0.15, 0.2) is 0 Å². The summed E-state index contributed by atoms with van der Waals surface area (Å²) in [6.45, 7) is 5.14. The number of ketones is 1. The molecule has 0 bridgehead atoms. The van der Waals surface area contributed by atoms with Crippen molar-refractivity contribution in [1.82, 2.24) is 24.4 Å². The first kappa shape index (κ1) is 21.4. The molecule has 1 amide bonds. The molecule has 0 aromatic carbocycles. The number of carbonyl (C=O) groups excluding carboxylic acids is 3. The van der Waals surface area contributed by atoms with Gasteiger partial charge in [-0.2, -0.15) is 0 Å². The van der Waals surface area contributed by atoms with Crippen molar-refractivity contribution in [2.75, 3.05) is 13.7 Å². The van der Waals surface area contributed by atoms with E-state index in [-0.39, 0.29) is 17.4 Å². The highest BCUT2D eigenvalue weighted by Crippen LogP contribution is 2.23. The zero-order valence-corrected chi connectivity index (χ0v) is 18.2. The van der Waals surface area contributed by atoms with Gasteiger partial charge in [-0.1, -0.05) is 6.92 Å². The quantitative estimate of drug-likeness (QED) is 0.449. The van der Waals surface area contributed by atoms with Gasteiger partial charge in [0.25, 0.3) is 0 Å². The number of pyridine rings is 2. The Morgan fingerprint density at radius 1 is 1.06 bits per heavy atom. The fraction of sp³-hybridized carbons (Fsp3) is 0.304. The lowest BCUT2D eigenvalue weighted by Crippen LogP contribution is -2.37. The van der Waals surface area contributed by atoms with Crippen LogP contribution in [0.4, 0.5) is 0 Å². The van der Waals surface area contributed by atoms with Crippen molar-refractivity contribution in [3.05, 3.63) is 65.1 Å². The fourth-order valence-corrected chi connectivity index (χ4v) is 3.77. The van der Waals surface area contributed by atoms with Gasteiger partial charge in [-0.05, 0) is 24.3 Å². The van der Waals surface area contributed by atoms with Crippen LogP contribution in [0, 0.1) is 0 Å². The standard InChI is InChI=1S/C23H23N5O4/c1-4-20-26-21(19-13-27(14(2)29)9-10-28(19)20)22(30)16-6-7-17(24-12-16)15-5-8-18(25-11-15)23(31)32-3/h5-8,11-12H,4,9-10,13H2,1-3H3. The summed E-state index contributed by atoms with van der Waals surface area (Å²) in [5.74, 6) is 0.0837. The van der Waals surface area contributed by atoms with Crippen LogP contribution >= 0.6 is 0 Å². The van der Waals surface area contributed by atoms with Crippen LogP contribution in [0.15, 0.2) is 36.7 Å². The number of nitrogens with zero attached hydrogens (tertiary/aromatic N) is 5. The molecule has 3 aromatic rings. The highest BCUT2D eigenvalue weighted by atomic mass is 16.5. The molecular formula is C23H23N5O4. The molecule has 0 saturated heterocycles. The van der Waals surface area contributed by atoms with Crippen molar-refractivity contribution in [2.24, 2.45) is 0 Å². The molecule has 0 radical (unpaired) electrons. The Bertz CT molecular complexity index is 1180. The summed E-state index contributed by atoms with van der Waals surface area (Å²) in [4.78, 5) is 51.4. The lowest BCUT2D eigenvalue weighted by Gasteiger charge is -2.28. The SMILES string of the molecule is CCc1nc(C(=O)c2ccc(-c3ccc(C(=O)OC)nc3)nc2)c2n1CCN(C(C)=O)C2. The van der Waals surface area contributed by atoms with E-state index >= 15 is 0 Å². The van der Waals surface area contributed by atoms with Crippen molar-refractivity contribution in [3.8, 4) is 11.3 Å². The second kappa shape index (κ2) is 8.70. The van der Waals surface area contributed by atoms with Gasteiger partial charge in [-0.15, -0.1) is 0 Å². The van der Waals surface area contributed by atoms with Crippen LogP contribution in [0.1, 0.15) is 51.9 Å². The van der Waals surface area contributed by atoms with Crippen molar-refractivity contribution in [3.63, 3.8) is 0 Å². The number of hydrogen-bond acceptors (Lipinski definition) is 7. The molecule has 4 rings (SSSR count). The third kappa shape index (κ3) is 3.89. The Morgan fingerprint density at radius 3 is 2.47 bits per heavy atom. The molecule has 0 spiro atoms. The number of rotatable bonds is 5. The molecule has 1 aliphatic heterocycles. The monoisotopic (exact) mass is 433 g/mol. The number of ether oxygens (including phenoxy) is 1. The highest BCUT2D eigenvalue weighted by molar-refractivity contribution is 6.08. The van der Waals surface area contributed by atoms with Crippen LogP contribution < -0.4 is 0 Å². The van der Waals surface area contributed by atoms with Gasteiger partial charge in [-0.25, -0.2) is 14.8 Å². The predicted molar refractivity (Wildman–Crippen MR) is 115 cm³/mol. The summed E-state index contributed by atoms with van der Waals surface area (Å²) in [5.41, 5.74) is 3.08. The summed E-state index contributed by atoms with van der Waals surface area (Å²) >= 11 is 0. The summed E-state index contributed by atoms with van der Waals surface area (Å²) in [6, 6.07) is 6.71. The van der Waals surface area contributed by atoms with Gasteiger partial charge in [0.05, 0.1) is 25.0 Å². The van der Waals surface area contributed by atoms with E-state index in [1.54, 1.807) is 29.2 Å². The fourth-order valence-electron chi connectivity index (χ4n) is 3.77. The van der Waals surface area contributed by atoms with E-state index in [1.807, 2.05) is 11.5 Å². The minimum Gasteiger partial charge on any atom is -0.464 e. The van der Waals surface area contributed by atoms with E-state index in [9.17, 15) is 14.4 Å². The largest absolute Gasteiger partial charge is 0.464 e. The number of amides is 1. The molecule has 0 saturated carbocycles. The molecule has 164 valence electrons. The number of aryl methyl sites for hydroxylation is 1. The zero-order chi connectivity index (χ0) is 22.8. The maximum Gasteiger partial charge on any atom is 0.356 e. The molecule has 9 heteroatoms. The van der Waals surface area contributed by atoms with Gasteiger partial charge in [0, 0.05) is 50.0 Å². The molecular weight excluding hydrogens is 410 g/mol. The minimum absolute atomic E-state index is 0.0215. The molecule has 3 aromatic heterocycles. The Labute approximate surface area is 185 Å². The summed E-state index contributed by atoms with van der Waals surface area (Å²) in [5, 5.41) is 0. The van der Waals surface area contributed by atoms with Gasteiger partial charge in [0.2, 0.25) is 11.7 Å². The zero-order valence-electron chi connectivity index (χ0n) is 18.2. The Kier molecular flexibility index (Phi) is 5.81. The molecule has 0 unspecified atom stereocenters. The Balaban J connectivity index is 1.60. The molecule has 32 heavy (non-hydrogen) atoms. The van der Waals surface area contributed by atoms with Gasteiger partial charge < -0.3 is 14.2 Å². The van der Waals surface area contributed by atoms with Gasteiger partial charge in [-0.3, -0.25) is 14.6 Å². The Hall–Kier alpha value is -3.88. The van der Waals surface area contributed by atoms with Crippen LogP contribution in [0.5, 0.6) is 0 Å². The van der Waals surface area contributed by atoms with E-state index in [0.717, 1.165) is 11.5 Å². The normalized spacial score (nSPS) is 12.9. The number of carbonyl (C=O) groups is 3. The van der Waals surface area contributed by atoms with E-state index in [2.05, 4.69) is 19.7 Å². The number of fused-ring (bicyclic) bond motifs is 1. The van der Waals surface area contributed by atoms with Crippen molar-refractivity contribution >= 4 is 17.7 Å². The van der Waals surface area contributed by atoms with Crippen LogP contribution in [-0.4, -0.2) is 55.7 Å². The lowest BCUT2D eigenvalue weighted by molar-refractivity contribution is -0.130. The minimum atomic E-state index is -0.511. The van der Waals surface area contributed by atoms with E-state index < -0.39 is 5.97 Å². The third-order valence-electron chi connectivity index (χ3n) is 5.54. The predicted octanol–water partition coefficient (Wildman–Crippen LogP) is 2.28. The molecule has 0 atom stereocenters. The number of hydrogen-bond donors (Lipinski definition) is 0. The first-order valence-electron chi connectivity index (χ1n) is 10.3. The Morgan fingerprint density at radius 2 is 1.88 bits per heavy atom. The van der Waals surface area contributed by atoms with E-state index in [4.69, 9.17) is 0 Å². The first-order valence-corrected chi connectivity index (χ1v) is 10.3. The van der Waals surface area contributed by atoms with Crippen LogP contribution in [-0.2, 0) is 29.0 Å². The number of aromatic nitrogens is 4. The smallest absolute Gasteiger partial charge is 0.356 e. The van der Waals surface area contributed by atoms with E-state index in [1.165, 1.54) is 26.4 Å². The molecule has 0 N–H and O–H groups in total. The summed E-state index contributed by atoms with van der Waals surface area (Å²) in [7, 11) is 1.30. The second-order valence-corrected chi connectivity index (χ2v) is 7.45. The first-order chi connectivity index (χ1) is 15.4. The molecule has 9 nitrogen and oxygen atoms in total. The summed E-state index contributed by atoms with van der Waals surface area (Å²) in [6.07, 6.45) is 3.74. The maximum absolute atomic E-state index is 13.2. The molecule has 0 aliphatic carbocycles. The van der Waals surface area contributed by atoms with Crippen molar-refractivity contribution in [1.29, 1.82) is 0 Å². The average Bonchev–Trinajstić information content (AvgIpc) is 3.21. The maximum atomic E-state index is 13.2. The third-order valence-corrected chi connectivity index (χ3v) is 5.54. The highest BCUT2D eigenvalue weighted by Gasteiger charge is 2.28. The topological polar surface area (TPSA) is 107 Å². The number of imidazole rings is 1. The molecule has 1 aliphatic rings. The average molecular weight is 433 g/mol. The van der Waals surface area contributed by atoms with Gasteiger partial charge >= 0.3 is 5.97 Å².